The van der Waals surface area contributed by atoms with Gasteiger partial charge < -0.3 is 15.2 Å². The second-order valence-corrected chi connectivity index (χ2v) is 3.15. The predicted octanol–water partition coefficient (Wildman–Crippen LogP) is 1.08. The van der Waals surface area contributed by atoms with Crippen molar-refractivity contribution < 1.29 is 14.3 Å². The van der Waals surface area contributed by atoms with E-state index in [1.165, 1.54) is 13.2 Å². The minimum absolute atomic E-state index is 0.288. The SMILES string of the molecule is COC(=O)C(C)Oc1ccc(N)cc1C#N. The molecule has 1 atom stereocenters. The van der Waals surface area contributed by atoms with Crippen LogP contribution in [-0.2, 0) is 9.53 Å². The Morgan fingerprint density at radius 3 is 2.81 bits per heavy atom. The molecule has 0 saturated heterocycles. The Morgan fingerprint density at radius 2 is 2.25 bits per heavy atom. The number of hydrogen-bond donors (Lipinski definition) is 1. The predicted molar refractivity (Wildman–Crippen MR) is 57.7 cm³/mol. The Kier molecular flexibility index (Phi) is 3.72. The van der Waals surface area contributed by atoms with Crippen LogP contribution in [0.25, 0.3) is 0 Å². The lowest BCUT2D eigenvalue weighted by atomic mass is 10.2. The van der Waals surface area contributed by atoms with Gasteiger partial charge in [0.15, 0.2) is 6.10 Å². The van der Waals surface area contributed by atoms with Crippen molar-refractivity contribution in [3.05, 3.63) is 23.8 Å². The minimum atomic E-state index is -0.763. The van der Waals surface area contributed by atoms with Crippen LogP contribution in [0, 0.1) is 11.3 Å². The Bertz CT molecular complexity index is 437. The van der Waals surface area contributed by atoms with E-state index in [4.69, 9.17) is 15.7 Å². The lowest BCUT2D eigenvalue weighted by Crippen LogP contribution is -2.25. The van der Waals surface area contributed by atoms with E-state index in [1.54, 1.807) is 19.1 Å². The minimum Gasteiger partial charge on any atom is -0.478 e. The molecule has 0 aliphatic rings. The standard InChI is InChI=1S/C11H12N2O3/c1-7(11(14)15-2)16-10-4-3-9(13)5-8(10)6-12/h3-5,7H,13H2,1-2H3. The molecule has 16 heavy (non-hydrogen) atoms. The van der Waals surface area contributed by atoms with E-state index in [-0.39, 0.29) is 5.56 Å². The molecule has 1 aromatic rings. The molecule has 0 fully saturated rings. The fraction of sp³-hybridized carbons (Fsp3) is 0.273. The molecule has 0 radical (unpaired) electrons. The summed E-state index contributed by atoms with van der Waals surface area (Å²) in [6.07, 6.45) is -0.763. The smallest absolute Gasteiger partial charge is 0.346 e. The van der Waals surface area contributed by atoms with Crippen LogP contribution in [0.5, 0.6) is 5.75 Å². The molecule has 0 amide bonds. The largest absolute Gasteiger partial charge is 0.478 e. The van der Waals surface area contributed by atoms with Gasteiger partial charge in [-0.3, -0.25) is 0 Å². The first kappa shape index (κ1) is 11.9. The van der Waals surface area contributed by atoms with E-state index in [0.29, 0.717) is 11.4 Å². The molecule has 0 bridgehead atoms. The quantitative estimate of drug-likeness (QED) is 0.608. The molecule has 5 heteroatoms. The molecule has 0 aliphatic carbocycles. The topological polar surface area (TPSA) is 85.3 Å². The molecule has 1 rings (SSSR count). The van der Waals surface area contributed by atoms with Crippen LogP contribution in [0.3, 0.4) is 0 Å². The first-order chi connectivity index (χ1) is 7.58. The second kappa shape index (κ2) is 5.03. The molecule has 0 spiro atoms. The highest BCUT2D eigenvalue weighted by Crippen LogP contribution is 2.21. The molecule has 1 aromatic carbocycles. The maximum Gasteiger partial charge on any atom is 0.346 e. The van der Waals surface area contributed by atoms with Gasteiger partial charge in [0, 0.05) is 5.69 Å². The summed E-state index contributed by atoms with van der Waals surface area (Å²) in [4.78, 5) is 11.1. The van der Waals surface area contributed by atoms with Gasteiger partial charge in [-0.1, -0.05) is 0 Å². The number of hydrogen-bond acceptors (Lipinski definition) is 5. The Morgan fingerprint density at radius 1 is 1.56 bits per heavy atom. The number of nitrogen functional groups attached to an aromatic ring is 1. The number of rotatable bonds is 3. The van der Waals surface area contributed by atoms with Crippen LogP contribution in [0.1, 0.15) is 12.5 Å². The highest BCUT2D eigenvalue weighted by Gasteiger charge is 2.16. The summed E-state index contributed by atoms with van der Waals surface area (Å²) < 4.78 is 9.80. The zero-order valence-electron chi connectivity index (χ0n) is 9.06. The van der Waals surface area contributed by atoms with Crippen LogP contribution >= 0.6 is 0 Å². The molecule has 5 nitrogen and oxygen atoms in total. The average Bonchev–Trinajstić information content (AvgIpc) is 2.30. The maximum atomic E-state index is 11.1. The number of nitrogens with zero attached hydrogens (tertiary/aromatic N) is 1. The number of anilines is 1. The van der Waals surface area contributed by atoms with Crippen molar-refractivity contribution in [1.29, 1.82) is 5.26 Å². The molecule has 0 aromatic heterocycles. The Labute approximate surface area is 93.4 Å². The van der Waals surface area contributed by atoms with Crippen molar-refractivity contribution >= 4 is 11.7 Å². The van der Waals surface area contributed by atoms with Crippen LogP contribution in [-0.4, -0.2) is 19.2 Å². The first-order valence-corrected chi connectivity index (χ1v) is 4.62. The fourth-order valence-corrected chi connectivity index (χ4v) is 1.14. The first-order valence-electron chi connectivity index (χ1n) is 4.62. The van der Waals surface area contributed by atoms with E-state index in [0.717, 1.165) is 0 Å². The van der Waals surface area contributed by atoms with Gasteiger partial charge in [0.1, 0.15) is 11.8 Å². The molecule has 2 N–H and O–H groups in total. The average molecular weight is 220 g/mol. The second-order valence-electron chi connectivity index (χ2n) is 3.15. The number of methoxy groups -OCH3 is 1. The number of carbonyl (C=O) groups excluding carboxylic acids is 1. The number of ether oxygens (including phenoxy) is 2. The summed E-state index contributed by atoms with van der Waals surface area (Å²) in [7, 11) is 1.27. The zero-order valence-corrected chi connectivity index (χ0v) is 9.06. The van der Waals surface area contributed by atoms with E-state index < -0.39 is 12.1 Å². The summed E-state index contributed by atoms with van der Waals surface area (Å²) in [6, 6.07) is 6.57. The Balaban J connectivity index is 2.90. The van der Waals surface area contributed by atoms with Gasteiger partial charge in [-0.25, -0.2) is 4.79 Å². The van der Waals surface area contributed by atoms with Crippen LogP contribution in [0.15, 0.2) is 18.2 Å². The molecule has 0 heterocycles. The van der Waals surface area contributed by atoms with Crippen molar-refractivity contribution in [2.24, 2.45) is 0 Å². The van der Waals surface area contributed by atoms with E-state index in [2.05, 4.69) is 4.74 Å². The number of benzene rings is 1. The summed E-state index contributed by atoms with van der Waals surface area (Å²) >= 11 is 0. The number of nitrogens with two attached hydrogens (primary N) is 1. The third-order valence-corrected chi connectivity index (χ3v) is 1.96. The van der Waals surface area contributed by atoms with Crippen molar-refractivity contribution in [3.8, 4) is 11.8 Å². The fourth-order valence-electron chi connectivity index (χ4n) is 1.14. The molecule has 1 unspecified atom stereocenters. The Hall–Kier alpha value is -2.22. The summed E-state index contributed by atoms with van der Waals surface area (Å²) in [5.74, 6) is -0.185. The van der Waals surface area contributed by atoms with Crippen molar-refractivity contribution in [1.82, 2.24) is 0 Å². The normalized spacial score (nSPS) is 11.3. The number of nitriles is 1. The highest BCUT2D eigenvalue weighted by molar-refractivity contribution is 5.74. The van der Waals surface area contributed by atoms with Gasteiger partial charge in [0.2, 0.25) is 0 Å². The van der Waals surface area contributed by atoms with E-state index in [1.807, 2.05) is 6.07 Å². The van der Waals surface area contributed by atoms with Crippen LogP contribution in [0.2, 0.25) is 0 Å². The molecule has 0 aliphatic heterocycles. The van der Waals surface area contributed by atoms with Gasteiger partial charge in [-0.05, 0) is 25.1 Å². The lowest BCUT2D eigenvalue weighted by molar-refractivity contribution is -0.147. The van der Waals surface area contributed by atoms with Gasteiger partial charge in [-0.2, -0.15) is 5.26 Å². The van der Waals surface area contributed by atoms with Gasteiger partial charge >= 0.3 is 5.97 Å². The van der Waals surface area contributed by atoms with E-state index in [9.17, 15) is 4.79 Å². The summed E-state index contributed by atoms with van der Waals surface area (Å²) in [5.41, 5.74) is 6.28. The number of esters is 1. The third kappa shape index (κ3) is 2.64. The van der Waals surface area contributed by atoms with Crippen molar-refractivity contribution in [2.45, 2.75) is 13.0 Å². The molecular formula is C11H12N2O3. The van der Waals surface area contributed by atoms with E-state index >= 15 is 0 Å². The van der Waals surface area contributed by atoms with Gasteiger partial charge in [-0.15, -0.1) is 0 Å². The van der Waals surface area contributed by atoms with Crippen molar-refractivity contribution in [2.75, 3.05) is 12.8 Å². The maximum absolute atomic E-state index is 11.1. The van der Waals surface area contributed by atoms with Gasteiger partial charge in [0.05, 0.1) is 12.7 Å². The van der Waals surface area contributed by atoms with Crippen molar-refractivity contribution in [3.63, 3.8) is 0 Å². The summed E-state index contributed by atoms with van der Waals surface area (Å²) in [5, 5.41) is 8.85. The molecule has 84 valence electrons. The third-order valence-electron chi connectivity index (χ3n) is 1.96. The zero-order chi connectivity index (χ0) is 12.1. The van der Waals surface area contributed by atoms with Crippen LogP contribution < -0.4 is 10.5 Å². The lowest BCUT2D eigenvalue weighted by Gasteiger charge is -2.13. The van der Waals surface area contributed by atoms with Crippen LogP contribution in [0.4, 0.5) is 5.69 Å². The molecular weight excluding hydrogens is 208 g/mol. The monoisotopic (exact) mass is 220 g/mol. The highest BCUT2D eigenvalue weighted by atomic mass is 16.6. The van der Waals surface area contributed by atoms with Gasteiger partial charge in [0.25, 0.3) is 0 Å². The molecule has 0 saturated carbocycles. The number of carbonyl (C=O) groups is 1. The summed E-state index contributed by atoms with van der Waals surface area (Å²) in [6.45, 7) is 1.54.